The smallest absolute Gasteiger partial charge is 0.267 e. The fraction of sp³-hybridized carbons (Fsp3) is 0.615. The monoisotopic (exact) mass is 278 g/mol. The van der Waals surface area contributed by atoms with Crippen LogP contribution in [0, 0.1) is 0 Å². The van der Waals surface area contributed by atoms with E-state index in [0.717, 1.165) is 24.2 Å². The van der Waals surface area contributed by atoms with Crippen LogP contribution < -0.4 is 10.9 Å². The standard InChI is InChI=1S/C13H18N4O3/c18-12-7-10-8-14-2-1-11(10)15-17(12)9-13(19)16-3-5-20-6-4-16/h7,14H,1-6,8-9H2. The first-order chi connectivity index (χ1) is 9.74. The summed E-state index contributed by atoms with van der Waals surface area (Å²) in [5, 5.41) is 7.54. The van der Waals surface area contributed by atoms with Gasteiger partial charge in [-0.3, -0.25) is 9.59 Å². The number of aromatic nitrogens is 2. The van der Waals surface area contributed by atoms with Crippen LogP contribution in [0.5, 0.6) is 0 Å². The lowest BCUT2D eigenvalue weighted by Crippen LogP contribution is -2.44. The van der Waals surface area contributed by atoms with Gasteiger partial charge in [0, 0.05) is 38.7 Å². The van der Waals surface area contributed by atoms with Gasteiger partial charge < -0.3 is 15.0 Å². The molecule has 20 heavy (non-hydrogen) atoms. The number of morpholine rings is 1. The van der Waals surface area contributed by atoms with Gasteiger partial charge in [0.15, 0.2) is 0 Å². The molecule has 0 atom stereocenters. The summed E-state index contributed by atoms with van der Waals surface area (Å²) in [6, 6.07) is 1.58. The second-order valence-electron chi connectivity index (χ2n) is 5.03. The molecular weight excluding hydrogens is 260 g/mol. The highest BCUT2D eigenvalue weighted by Crippen LogP contribution is 2.07. The number of nitrogens with one attached hydrogen (secondary N) is 1. The molecule has 0 aromatic carbocycles. The van der Waals surface area contributed by atoms with Gasteiger partial charge in [-0.05, 0) is 5.56 Å². The number of nitrogens with zero attached hydrogens (tertiary/aromatic N) is 3. The normalized spacial score (nSPS) is 18.7. The molecule has 2 aliphatic rings. The number of hydrogen-bond donors (Lipinski definition) is 1. The lowest BCUT2D eigenvalue weighted by Gasteiger charge is -2.27. The van der Waals surface area contributed by atoms with E-state index < -0.39 is 0 Å². The zero-order chi connectivity index (χ0) is 13.9. The van der Waals surface area contributed by atoms with Gasteiger partial charge in [-0.2, -0.15) is 5.10 Å². The molecule has 7 heteroatoms. The minimum atomic E-state index is -0.214. The molecule has 0 spiro atoms. The largest absolute Gasteiger partial charge is 0.378 e. The van der Waals surface area contributed by atoms with E-state index in [1.165, 1.54) is 4.68 Å². The van der Waals surface area contributed by atoms with Crippen molar-refractivity contribution in [3.63, 3.8) is 0 Å². The Kier molecular flexibility index (Phi) is 3.79. The summed E-state index contributed by atoms with van der Waals surface area (Å²) in [6.45, 7) is 3.84. The van der Waals surface area contributed by atoms with Gasteiger partial charge >= 0.3 is 0 Å². The van der Waals surface area contributed by atoms with E-state index in [4.69, 9.17) is 4.74 Å². The molecule has 2 aliphatic heterocycles. The van der Waals surface area contributed by atoms with Crippen LogP contribution in [-0.4, -0.2) is 53.4 Å². The molecule has 108 valence electrons. The molecule has 1 amide bonds. The Labute approximate surface area is 116 Å². The van der Waals surface area contributed by atoms with Crippen LogP contribution in [0.3, 0.4) is 0 Å². The number of carbonyl (C=O) groups excluding carboxylic acids is 1. The van der Waals surface area contributed by atoms with Crippen LogP contribution in [0.4, 0.5) is 0 Å². The molecule has 1 saturated heterocycles. The number of rotatable bonds is 2. The highest BCUT2D eigenvalue weighted by atomic mass is 16.5. The van der Waals surface area contributed by atoms with E-state index in [1.54, 1.807) is 11.0 Å². The summed E-state index contributed by atoms with van der Waals surface area (Å²) >= 11 is 0. The minimum Gasteiger partial charge on any atom is -0.378 e. The van der Waals surface area contributed by atoms with Crippen molar-refractivity contribution in [3.05, 3.63) is 27.7 Å². The third kappa shape index (κ3) is 2.73. The van der Waals surface area contributed by atoms with Gasteiger partial charge in [0.1, 0.15) is 6.54 Å². The summed E-state index contributed by atoms with van der Waals surface area (Å²) in [5.41, 5.74) is 1.64. The molecule has 3 rings (SSSR count). The SMILES string of the molecule is O=C(Cn1nc2c(cc1=O)CNCC2)N1CCOCC1. The van der Waals surface area contributed by atoms with Crippen LogP contribution in [0.25, 0.3) is 0 Å². The first-order valence-electron chi connectivity index (χ1n) is 6.90. The van der Waals surface area contributed by atoms with Gasteiger partial charge in [0.05, 0.1) is 18.9 Å². The average Bonchev–Trinajstić information content (AvgIpc) is 2.49. The van der Waals surface area contributed by atoms with Gasteiger partial charge in [-0.1, -0.05) is 0 Å². The van der Waals surface area contributed by atoms with Gasteiger partial charge in [-0.25, -0.2) is 4.68 Å². The predicted octanol–water partition coefficient (Wildman–Crippen LogP) is -1.25. The Hall–Kier alpha value is -1.73. The first-order valence-corrected chi connectivity index (χ1v) is 6.90. The molecule has 1 aromatic rings. The summed E-state index contributed by atoms with van der Waals surface area (Å²) in [5.74, 6) is -0.0724. The number of amides is 1. The quantitative estimate of drug-likeness (QED) is 0.731. The molecule has 1 aromatic heterocycles. The van der Waals surface area contributed by atoms with E-state index in [-0.39, 0.29) is 18.0 Å². The summed E-state index contributed by atoms with van der Waals surface area (Å²) in [7, 11) is 0. The average molecular weight is 278 g/mol. The van der Waals surface area contributed by atoms with Crippen LogP contribution in [-0.2, 0) is 29.0 Å². The van der Waals surface area contributed by atoms with Gasteiger partial charge in [0.2, 0.25) is 5.91 Å². The number of ether oxygens (including phenoxy) is 1. The number of hydrogen-bond acceptors (Lipinski definition) is 5. The molecule has 0 saturated carbocycles. The predicted molar refractivity (Wildman–Crippen MR) is 71.3 cm³/mol. The topological polar surface area (TPSA) is 76.5 Å². The molecule has 0 aliphatic carbocycles. The van der Waals surface area contributed by atoms with E-state index >= 15 is 0 Å². The van der Waals surface area contributed by atoms with Crippen LogP contribution in [0.1, 0.15) is 11.3 Å². The van der Waals surface area contributed by atoms with Gasteiger partial charge in [0.25, 0.3) is 5.56 Å². The van der Waals surface area contributed by atoms with E-state index in [0.29, 0.717) is 32.8 Å². The lowest BCUT2D eigenvalue weighted by molar-refractivity contribution is -0.136. The zero-order valence-corrected chi connectivity index (χ0v) is 11.3. The Morgan fingerprint density at radius 1 is 1.40 bits per heavy atom. The number of carbonyl (C=O) groups is 1. The maximum atomic E-state index is 12.1. The summed E-state index contributed by atoms with van der Waals surface area (Å²) < 4.78 is 6.49. The third-order valence-electron chi connectivity index (χ3n) is 3.67. The summed E-state index contributed by atoms with van der Waals surface area (Å²) in [4.78, 5) is 25.9. The highest BCUT2D eigenvalue weighted by Gasteiger charge is 2.19. The van der Waals surface area contributed by atoms with Crippen LogP contribution in [0.2, 0.25) is 0 Å². The van der Waals surface area contributed by atoms with Crippen molar-refractivity contribution >= 4 is 5.91 Å². The molecule has 7 nitrogen and oxygen atoms in total. The van der Waals surface area contributed by atoms with Crippen LogP contribution in [0.15, 0.2) is 10.9 Å². The molecule has 0 bridgehead atoms. The fourth-order valence-electron chi connectivity index (χ4n) is 2.51. The Morgan fingerprint density at radius 2 is 2.20 bits per heavy atom. The second kappa shape index (κ2) is 5.72. The second-order valence-corrected chi connectivity index (χ2v) is 5.03. The van der Waals surface area contributed by atoms with Crippen molar-refractivity contribution in [3.8, 4) is 0 Å². The first kappa shape index (κ1) is 13.3. The molecule has 0 radical (unpaired) electrons. The van der Waals surface area contributed by atoms with Crippen molar-refractivity contribution in [1.29, 1.82) is 0 Å². The van der Waals surface area contributed by atoms with E-state index in [2.05, 4.69) is 10.4 Å². The molecule has 1 fully saturated rings. The van der Waals surface area contributed by atoms with E-state index in [9.17, 15) is 9.59 Å². The Bertz CT molecular complexity index is 563. The molecular formula is C13H18N4O3. The van der Waals surface area contributed by atoms with Gasteiger partial charge in [-0.15, -0.1) is 0 Å². The number of fused-ring (bicyclic) bond motifs is 1. The molecule has 1 N–H and O–H groups in total. The molecule has 3 heterocycles. The molecule has 0 unspecified atom stereocenters. The maximum Gasteiger partial charge on any atom is 0.267 e. The highest BCUT2D eigenvalue weighted by molar-refractivity contribution is 5.75. The van der Waals surface area contributed by atoms with Crippen molar-refractivity contribution < 1.29 is 9.53 Å². The van der Waals surface area contributed by atoms with E-state index in [1.807, 2.05) is 0 Å². The van der Waals surface area contributed by atoms with Crippen molar-refractivity contribution in [2.24, 2.45) is 0 Å². The fourth-order valence-corrected chi connectivity index (χ4v) is 2.51. The minimum absolute atomic E-state index is 0.0134. The lowest BCUT2D eigenvalue weighted by atomic mass is 10.1. The van der Waals surface area contributed by atoms with Crippen molar-refractivity contribution in [2.45, 2.75) is 19.5 Å². The van der Waals surface area contributed by atoms with Crippen LogP contribution >= 0.6 is 0 Å². The third-order valence-corrected chi connectivity index (χ3v) is 3.67. The zero-order valence-electron chi connectivity index (χ0n) is 11.3. The Morgan fingerprint density at radius 3 is 3.00 bits per heavy atom. The summed E-state index contributed by atoms with van der Waals surface area (Å²) in [6.07, 6.45) is 0.793. The van der Waals surface area contributed by atoms with Crippen molar-refractivity contribution in [1.82, 2.24) is 20.0 Å². The maximum absolute atomic E-state index is 12.1. The Balaban J connectivity index is 1.76. The van der Waals surface area contributed by atoms with Crippen molar-refractivity contribution in [2.75, 3.05) is 32.8 Å².